The molecule has 0 unspecified atom stereocenters. The Balaban J connectivity index is 1.59. The van der Waals surface area contributed by atoms with Crippen molar-refractivity contribution < 1.29 is 23.8 Å². The molecule has 1 aliphatic carbocycles. The average molecular weight is 361 g/mol. The molecule has 2 atom stereocenters. The van der Waals surface area contributed by atoms with E-state index in [1.165, 1.54) is 39.9 Å². The van der Waals surface area contributed by atoms with E-state index in [1.54, 1.807) is 18.2 Å². The largest absolute Gasteiger partial charge is 0.493 e. The number of piperidine rings is 1. The van der Waals surface area contributed by atoms with E-state index in [1.807, 2.05) is 4.90 Å². The Morgan fingerprint density at radius 1 is 1.04 bits per heavy atom. The predicted molar refractivity (Wildman–Crippen MR) is 96.5 cm³/mol. The number of hydrogen-bond acceptors (Lipinski definition) is 5. The maximum absolute atomic E-state index is 12.6. The van der Waals surface area contributed by atoms with Crippen molar-refractivity contribution in [1.82, 2.24) is 4.90 Å². The molecule has 6 heteroatoms. The zero-order valence-corrected chi connectivity index (χ0v) is 15.5. The van der Waals surface area contributed by atoms with Crippen LogP contribution in [-0.4, -0.2) is 50.2 Å². The first-order valence-corrected chi connectivity index (χ1v) is 9.32. The monoisotopic (exact) mass is 361 g/mol. The molecular weight excluding hydrogens is 334 g/mol. The van der Waals surface area contributed by atoms with E-state index >= 15 is 0 Å². The zero-order valence-electron chi connectivity index (χ0n) is 15.5. The highest BCUT2D eigenvalue weighted by atomic mass is 16.5. The van der Waals surface area contributed by atoms with Crippen LogP contribution in [0.15, 0.2) is 18.2 Å². The van der Waals surface area contributed by atoms with Gasteiger partial charge in [-0.25, -0.2) is 4.79 Å². The van der Waals surface area contributed by atoms with Crippen molar-refractivity contribution in [2.24, 2.45) is 5.92 Å². The van der Waals surface area contributed by atoms with Crippen molar-refractivity contribution in [1.29, 1.82) is 0 Å². The number of esters is 1. The molecule has 0 N–H and O–H groups in total. The van der Waals surface area contributed by atoms with Gasteiger partial charge < -0.3 is 19.1 Å². The number of methoxy groups -OCH3 is 2. The molecule has 142 valence electrons. The van der Waals surface area contributed by atoms with Crippen LogP contribution in [0.2, 0.25) is 0 Å². The third-order valence-corrected chi connectivity index (χ3v) is 5.51. The van der Waals surface area contributed by atoms with Crippen LogP contribution >= 0.6 is 0 Å². The summed E-state index contributed by atoms with van der Waals surface area (Å²) in [5, 5.41) is 0. The molecule has 1 aromatic rings. The van der Waals surface area contributed by atoms with E-state index in [0.717, 1.165) is 19.4 Å². The quantitative estimate of drug-likeness (QED) is 0.754. The van der Waals surface area contributed by atoms with E-state index in [2.05, 4.69) is 0 Å². The molecule has 6 nitrogen and oxygen atoms in total. The summed E-state index contributed by atoms with van der Waals surface area (Å²) in [6, 6.07) is 5.13. The first-order chi connectivity index (χ1) is 12.6. The second kappa shape index (κ2) is 8.43. The molecule has 1 heterocycles. The van der Waals surface area contributed by atoms with Crippen molar-refractivity contribution in [2.75, 3.05) is 27.4 Å². The highest BCUT2D eigenvalue weighted by molar-refractivity contribution is 5.92. The highest BCUT2D eigenvalue weighted by Crippen LogP contribution is 2.35. The van der Waals surface area contributed by atoms with Crippen molar-refractivity contribution in [3.63, 3.8) is 0 Å². The molecule has 26 heavy (non-hydrogen) atoms. The Labute approximate surface area is 154 Å². The van der Waals surface area contributed by atoms with Gasteiger partial charge in [0, 0.05) is 12.6 Å². The van der Waals surface area contributed by atoms with Crippen LogP contribution < -0.4 is 9.47 Å². The molecule has 1 aliphatic heterocycles. The molecule has 1 amide bonds. The molecule has 0 aromatic heterocycles. The summed E-state index contributed by atoms with van der Waals surface area (Å²) in [4.78, 5) is 26.8. The van der Waals surface area contributed by atoms with E-state index in [9.17, 15) is 9.59 Å². The molecule has 2 aliphatic rings. The summed E-state index contributed by atoms with van der Waals surface area (Å²) < 4.78 is 15.6. The van der Waals surface area contributed by atoms with Crippen LogP contribution in [0.4, 0.5) is 0 Å². The van der Waals surface area contributed by atoms with Crippen LogP contribution in [-0.2, 0) is 9.53 Å². The lowest BCUT2D eigenvalue weighted by atomic mass is 9.78. The predicted octanol–water partition coefficient (Wildman–Crippen LogP) is 3.04. The SMILES string of the molecule is COc1ccc(C(=O)OCC(=O)N2CCC[C@H]3CCCC[C@H]32)cc1OC. The average Bonchev–Trinajstić information content (AvgIpc) is 2.70. The molecule has 1 saturated heterocycles. The minimum Gasteiger partial charge on any atom is -0.493 e. The number of likely N-dealkylation sites (tertiary alicyclic amines) is 1. The van der Waals surface area contributed by atoms with Gasteiger partial charge >= 0.3 is 5.97 Å². The highest BCUT2D eigenvalue weighted by Gasteiger charge is 2.35. The number of amides is 1. The minimum absolute atomic E-state index is 0.0876. The Morgan fingerprint density at radius 2 is 1.77 bits per heavy atom. The van der Waals surface area contributed by atoms with Gasteiger partial charge in [0.1, 0.15) is 0 Å². The first-order valence-electron chi connectivity index (χ1n) is 9.32. The lowest BCUT2D eigenvalue weighted by molar-refractivity contribution is -0.140. The van der Waals surface area contributed by atoms with Gasteiger partial charge in [0.15, 0.2) is 18.1 Å². The van der Waals surface area contributed by atoms with Gasteiger partial charge in [-0.1, -0.05) is 12.8 Å². The first kappa shape index (κ1) is 18.5. The van der Waals surface area contributed by atoms with Crippen LogP contribution in [0, 0.1) is 5.92 Å². The Hall–Kier alpha value is -2.24. The van der Waals surface area contributed by atoms with Gasteiger partial charge in [-0.2, -0.15) is 0 Å². The van der Waals surface area contributed by atoms with Crippen molar-refractivity contribution in [3.8, 4) is 11.5 Å². The van der Waals surface area contributed by atoms with Gasteiger partial charge in [0.05, 0.1) is 19.8 Å². The fraction of sp³-hybridized carbons (Fsp3) is 0.600. The summed E-state index contributed by atoms with van der Waals surface area (Å²) in [7, 11) is 3.04. The fourth-order valence-corrected chi connectivity index (χ4v) is 4.19. The maximum Gasteiger partial charge on any atom is 0.338 e. The second-order valence-corrected chi connectivity index (χ2v) is 6.99. The zero-order chi connectivity index (χ0) is 18.5. The van der Waals surface area contributed by atoms with Crippen LogP contribution in [0.25, 0.3) is 0 Å². The van der Waals surface area contributed by atoms with Crippen LogP contribution in [0.5, 0.6) is 11.5 Å². The summed E-state index contributed by atoms with van der Waals surface area (Å²) in [5.74, 6) is 0.987. The standard InChI is InChI=1S/C20H27NO5/c1-24-17-10-9-15(12-18(17)25-2)20(23)26-13-19(22)21-11-5-7-14-6-3-4-8-16(14)21/h9-10,12,14,16H,3-8,11,13H2,1-2H3/t14-,16-/m1/s1. The van der Waals surface area contributed by atoms with E-state index in [0.29, 0.717) is 29.0 Å². The Bertz CT molecular complexity index is 658. The summed E-state index contributed by atoms with van der Waals surface area (Å²) in [6.45, 7) is 0.560. The van der Waals surface area contributed by atoms with Crippen LogP contribution in [0.3, 0.4) is 0 Å². The number of ether oxygens (including phenoxy) is 3. The van der Waals surface area contributed by atoms with Crippen molar-refractivity contribution in [3.05, 3.63) is 23.8 Å². The van der Waals surface area contributed by atoms with Gasteiger partial charge in [-0.3, -0.25) is 4.79 Å². The molecule has 0 bridgehead atoms. The molecule has 1 saturated carbocycles. The van der Waals surface area contributed by atoms with E-state index in [-0.39, 0.29) is 12.5 Å². The fourth-order valence-electron chi connectivity index (χ4n) is 4.19. The third-order valence-electron chi connectivity index (χ3n) is 5.51. The molecular formula is C20H27NO5. The lowest BCUT2D eigenvalue weighted by Gasteiger charge is -2.44. The summed E-state index contributed by atoms with van der Waals surface area (Å²) in [6.07, 6.45) is 6.96. The molecule has 0 spiro atoms. The number of benzene rings is 1. The van der Waals surface area contributed by atoms with Gasteiger partial charge in [0.25, 0.3) is 5.91 Å². The topological polar surface area (TPSA) is 65.1 Å². The van der Waals surface area contributed by atoms with Gasteiger partial charge in [-0.05, 0) is 49.8 Å². The number of rotatable bonds is 5. The van der Waals surface area contributed by atoms with Crippen molar-refractivity contribution in [2.45, 2.75) is 44.6 Å². The third kappa shape index (κ3) is 3.94. The number of hydrogen-bond donors (Lipinski definition) is 0. The molecule has 2 fully saturated rings. The molecule has 1 aromatic carbocycles. The lowest BCUT2D eigenvalue weighted by Crippen LogP contribution is -2.50. The minimum atomic E-state index is -0.531. The number of carbonyl (C=O) groups is 2. The van der Waals surface area contributed by atoms with Gasteiger partial charge in [0.2, 0.25) is 0 Å². The van der Waals surface area contributed by atoms with E-state index in [4.69, 9.17) is 14.2 Å². The summed E-state index contributed by atoms with van der Waals surface area (Å²) in [5.41, 5.74) is 0.338. The second-order valence-electron chi connectivity index (χ2n) is 6.99. The maximum atomic E-state index is 12.6. The Morgan fingerprint density at radius 3 is 2.54 bits per heavy atom. The van der Waals surface area contributed by atoms with Crippen molar-refractivity contribution >= 4 is 11.9 Å². The molecule has 3 rings (SSSR count). The summed E-state index contributed by atoms with van der Waals surface area (Å²) >= 11 is 0. The smallest absolute Gasteiger partial charge is 0.338 e. The van der Waals surface area contributed by atoms with Gasteiger partial charge in [-0.15, -0.1) is 0 Å². The number of carbonyl (C=O) groups excluding carboxylic acids is 2. The number of fused-ring (bicyclic) bond motifs is 1. The number of nitrogens with zero attached hydrogens (tertiary/aromatic N) is 1. The molecule has 0 radical (unpaired) electrons. The van der Waals surface area contributed by atoms with Crippen LogP contribution in [0.1, 0.15) is 48.9 Å². The normalized spacial score (nSPS) is 22.3. The Kier molecular flexibility index (Phi) is 6.01. The van der Waals surface area contributed by atoms with E-state index < -0.39 is 5.97 Å².